The lowest BCUT2D eigenvalue weighted by molar-refractivity contribution is 0.618. The third kappa shape index (κ3) is 2.03. The second-order valence-electron chi connectivity index (χ2n) is 5.52. The third-order valence-corrected chi connectivity index (χ3v) is 4.13. The minimum atomic E-state index is -0.226. The van der Waals surface area contributed by atoms with E-state index < -0.39 is 0 Å². The molecule has 4 N–H and O–H groups in total. The maximum atomic E-state index is 13.4. The molecule has 1 aromatic heterocycles. The van der Waals surface area contributed by atoms with Crippen LogP contribution in [0.15, 0.2) is 18.2 Å². The fraction of sp³-hybridized carbons (Fsp3) is 0.400. The number of nitrogens with zero attached hydrogens (tertiary/aromatic N) is 2. The normalized spacial score (nSPS) is 15.9. The second kappa shape index (κ2) is 4.81. The van der Waals surface area contributed by atoms with Crippen molar-refractivity contribution in [3.63, 3.8) is 0 Å². The van der Waals surface area contributed by atoms with E-state index in [1.807, 2.05) is 0 Å². The van der Waals surface area contributed by atoms with Gasteiger partial charge < -0.3 is 11.6 Å². The Morgan fingerprint density at radius 1 is 1.30 bits per heavy atom. The zero-order valence-electron chi connectivity index (χ0n) is 11.6. The van der Waals surface area contributed by atoms with Gasteiger partial charge in [-0.2, -0.15) is 0 Å². The van der Waals surface area contributed by atoms with E-state index in [0.717, 1.165) is 24.2 Å². The first-order valence-electron chi connectivity index (χ1n) is 6.97. The van der Waals surface area contributed by atoms with E-state index in [4.69, 9.17) is 11.6 Å². The summed E-state index contributed by atoms with van der Waals surface area (Å²) in [5.74, 6) is 7.49. The Balaban J connectivity index is 2.05. The van der Waals surface area contributed by atoms with Crippen LogP contribution in [0.3, 0.4) is 0 Å². The summed E-state index contributed by atoms with van der Waals surface area (Å²) in [5.41, 5.74) is 8.11. The number of aromatic nitrogens is 2. The van der Waals surface area contributed by atoms with Crippen molar-refractivity contribution >= 4 is 5.82 Å². The Hall–Kier alpha value is -2.04. The number of imidazole rings is 1. The Morgan fingerprint density at radius 3 is 2.65 bits per heavy atom. The first-order valence-corrected chi connectivity index (χ1v) is 6.97. The number of rotatable bonds is 2. The molecule has 106 valence electrons. The van der Waals surface area contributed by atoms with Crippen LogP contribution in [-0.4, -0.2) is 9.66 Å². The SMILES string of the molecule is Cc1cc(-c2nc(C3CCCC3)n(N)c2N)ccc1F. The van der Waals surface area contributed by atoms with Gasteiger partial charge in [0.05, 0.1) is 0 Å². The van der Waals surface area contributed by atoms with E-state index in [1.54, 1.807) is 19.1 Å². The maximum Gasteiger partial charge on any atom is 0.150 e. The number of aryl methyl sites for hydroxylation is 1. The lowest BCUT2D eigenvalue weighted by atomic mass is 10.1. The van der Waals surface area contributed by atoms with Crippen LogP contribution < -0.4 is 11.6 Å². The molecular formula is C15H19FN4. The second-order valence-corrected chi connectivity index (χ2v) is 5.52. The molecule has 1 aromatic carbocycles. The molecule has 0 unspecified atom stereocenters. The molecule has 1 aliphatic carbocycles. The number of hydrogen-bond donors (Lipinski definition) is 2. The molecule has 5 heteroatoms. The highest BCUT2D eigenvalue weighted by molar-refractivity contribution is 5.71. The summed E-state index contributed by atoms with van der Waals surface area (Å²) in [6.07, 6.45) is 4.63. The van der Waals surface area contributed by atoms with Crippen LogP contribution in [0.25, 0.3) is 11.3 Å². The average molecular weight is 274 g/mol. The van der Waals surface area contributed by atoms with Crippen LogP contribution in [0.1, 0.15) is 43.0 Å². The van der Waals surface area contributed by atoms with Gasteiger partial charge in [-0.25, -0.2) is 14.1 Å². The predicted molar refractivity (Wildman–Crippen MR) is 78.1 cm³/mol. The molecule has 2 aromatic rings. The summed E-state index contributed by atoms with van der Waals surface area (Å²) in [6, 6.07) is 4.89. The van der Waals surface area contributed by atoms with Gasteiger partial charge in [-0.05, 0) is 43.5 Å². The average Bonchev–Trinajstić information content (AvgIpc) is 3.04. The summed E-state index contributed by atoms with van der Waals surface area (Å²) >= 11 is 0. The number of nitrogen functional groups attached to an aromatic ring is 2. The zero-order valence-corrected chi connectivity index (χ0v) is 11.6. The van der Waals surface area contributed by atoms with Crippen molar-refractivity contribution < 1.29 is 4.39 Å². The van der Waals surface area contributed by atoms with E-state index in [-0.39, 0.29) is 5.82 Å². The molecule has 1 fully saturated rings. The van der Waals surface area contributed by atoms with Gasteiger partial charge in [0.25, 0.3) is 0 Å². The minimum absolute atomic E-state index is 0.226. The zero-order chi connectivity index (χ0) is 14.3. The van der Waals surface area contributed by atoms with Crippen LogP contribution >= 0.6 is 0 Å². The standard InChI is InChI=1S/C15H19FN4/c1-9-8-11(6-7-12(9)16)13-14(17)20(18)15(19-13)10-4-2-3-5-10/h6-8,10H,2-5,17-18H2,1H3. The lowest BCUT2D eigenvalue weighted by Crippen LogP contribution is -2.17. The van der Waals surface area contributed by atoms with Crippen molar-refractivity contribution in [3.8, 4) is 11.3 Å². The molecule has 0 bridgehead atoms. The van der Waals surface area contributed by atoms with Gasteiger partial charge in [-0.1, -0.05) is 12.8 Å². The molecule has 1 aliphatic rings. The maximum absolute atomic E-state index is 13.4. The van der Waals surface area contributed by atoms with Crippen LogP contribution in [0.2, 0.25) is 0 Å². The summed E-state index contributed by atoms with van der Waals surface area (Å²) in [6.45, 7) is 1.73. The quantitative estimate of drug-likeness (QED) is 0.827. The van der Waals surface area contributed by atoms with Gasteiger partial charge in [0.2, 0.25) is 0 Å². The highest BCUT2D eigenvalue weighted by Gasteiger charge is 2.25. The molecule has 0 atom stereocenters. The van der Waals surface area contributed by atoms with Gasteiger partial charge in [0.1, 0.15) is 17.3 Å². The van der Waals surface area contributed by atoms with Gasteiger partial charge >= 0.3 is 0 Å². The lowest BCUT2D eigenvalue weighted by Gasteiger charge is -2.08. The third-order valence-electron chi connectivity index (χ3n) is 4.13. The number of hydrogen-bond acceptors (Lipinski definition) is 3. The van der Waals surface area contributed by atoms with E-state index in [9.17, 15) is 4.39 Å². The molecule has 1 heterocycles. The number of halogens is 1. The number of nitrogens with two attached hydrogens (primary N) is 2. The van der Waals surface area contributed by atoms with E-state index in [2.05, 4.69) is 4.98 Å². The van der Waals surface area contributed by atoms with Gasteiger partial charge in [0.15, 0.2) is 5.82 Å². The van der Waals surface area contributed by atoms with Crippen molar-refractivity contribution in [3.05, 3.63) is 35.4 Å². The van der Waals surface area contributed by atoms with Crippen LogP contribution in [0, 0.1) is 12.7 Å². The molecule has 1 saturated carbocycles. The van der Waals surface area contributed by atoms with Crippen molar-refractivity contribution in [2.75, 3.05) is 11.6 Å². The topological polar surface area (TPSA) is 69.9 Å². The van der Waals surface area contributed by atoms with E-state index >= 15 is 0 Å². The monoisotopic (exact) mass is 274 g/mol. The molecular weight excluding hydrogens is 255 g/mol. The largest absolute Gasteiger partial charge is 0.382 e. The highest BCUT2D eigenvalue weighted by Crippen LogP contribution is 2.36. The molecule has 0 radical (unpaired) electrons. The molecule has 0 saturated heterocycles. The van der Waals surface area contributed by atoms with Crippen molar-refractivity contribution in [2.45, 2.75) is 38.5 Å². The van der Waals surface area contributed by atoms with Crippen molar-refractivity contribution in [1.82, 2.24) is 9.66 Å². The van der Waals surface area contributed by atoms with E-state index in [1.165, 1.54) is 23.6 Å². The van der Waals surface area contributed by atoms with Crippen LogP contribution in [0.4, 0.5) is 10.2 Å². The minimum Gasteiger partial charge on any atom is -0.382 e. The Bertz CT molecular complexity index is 642. The highest BCUT2D eigenvalue weighted by atomic mass is 19.1. The molecule has 0 spiro atoms. The fourth-order valence-electron chi connectivity index (χ4n) is 2.94. The smallest absolute Gasteiger partial charge is 0.150 e. The van der Waals surface area contributed by atoms with Crippen LogP contribution in [-0.2, 0) is 0 Å². The molecule has 0 aliphatic heterocycles. The summed E-state index contributed by atoms with van der Waals surface area (Å²) in [7, 11) is 0. The first-order chi connectivity index (χ1) is 9.58. The predicted octanol–water partition coefficient (Wildman–Crippen LogP) is 2.95. The Labute approximate surface area is 117 Å². The number of anilines is 1. The van der Waals surface area contributed by atoms with Crippen LogP contribution in [0.5, 0.6) is 0 Å². The molecule has 20 heavy (non-hydrogen) atoms. The summed E-state index contributed by atoms with van der Waals surface area (Å²) in [4.78, 5) is 4.62. The number of benzene rings is 1. The molecule has 4 nitrogen and oxygen atoms in total. The Kier molecular flexibility index (Phi) is 3.12. The van der Waals surface area contributed by atoms with Gasteiger partial charge in [-0.15, -0.1) is 0 Å². The fourth-order valence-corrected chi connectivity index (χ4v) is 2.94. The van der Waals surface area contributed by atoms with Gasteiger partial charge in [0, 0.05) is 11.5 Å². The van der Waals surface area contributed by atoms with Crippen molar-refractivity contribution in [1.29, 1.82) is 0 Å². The molecule has 0 amide bonds. The Morgan fingerprint density at radius 2 is 2.00 bits per heavy atom. The van der Waals surface area contributed by atoms with E-state index in [0.29, 0.717) is 23.0 Å². The summed E-state index contributed by atoms with van der Waals surface area (Å²) < 4.78 is 14.9. The van der Waals surface area contributed by atoms with Gasteiger partial charge in [-0.3, -0.25) is 0 Å². The molecule has 3 rings (SSSR count). The van der Waals surface area contributed by atoms with Crippen molar-refractivity contribution in [2.24, 2.45) is 0 Å². The summed E-state index contributed by atoms with van der Waals surface area (Å²) in [5, 5.41) is 0. The first kappa shape index (κ1) is 13.0.